The number of carboxylic acids is 1. The number of carbonyl (C=O) groups is 2. The van der Waals surface area contributed by atoms with Crippen LogP contribution < -0.4 is 4.90 Å². The van der Waals surface area contributed by atoms with E-state index in [1.54, 1.807) is 13.0 Å². The van der Waals surface area contributed by atoms with Gasteiger partial charge in [0.25, 0.3) is 5.91 Å². The van der Waals surface area contributed by atoms with E-state index in [0.717, 1.165) is 11.8 Å². The molecule has 0 atom stereocenters. The summed E-state index contributed by atoms with van der Waals surface area (Å²) in [4.78, 5) is 25.5. The normalized spacial score (nSPS) is 15.8. The number of anilines is 1. The molecule has 0 saturated carbocycles. The first-order chi connectivity index (χ1) is 12.3. The fourth-order valence-corrected chi connectivity index (χ4v) is 3.92. The summed E-state index contributed by atoms with van der Waals surface area (Å²) in [6.07, 6.45) is 1.35. The highest BCUT2D eigenvalue weighted by Crippen LogP contribution is 2.38. The van der Waals surface area contributed by atoms with Crippen molar-refractivity contribution < 1.29 is 19.1 Å². The highest BCUT2D eigenvalue weighted by Gasteiger charge is 2.34. The van der Waals surface area contributed by atoms with Gasteiger partial charge in [-0.15, -0.1) is 0 Å². The molecule has 1 N–H and O–H groups in total. The molecule has 1 fully saturated rings. The number of hydrogen-bond donors (Lipinski definition) is 1. The summed E-state index contributed by atoms with van der Waals surface area (Å²) in [6.45, 7) is 1.75. The SMILES string of the molecule is Cc1ccc(C(=O)O)cc1N1C(=O)C(=Cc2c(F)cccc2Cl)SC1=S. The smallest absolute Gasteiger partial charge is 0.335 e. The topological polar surface area (TPSA) is 57.6 Å². The lowest BCUT2D eigenvalue weighted by Crippen LogP contribution is -2.28. The fraction of sp³-hybridized carbons (Fsp3) is 0.0556. The van der Waals surface area contributed by atoms with Gasteiger partial charge in [-0.3, -0.25) is 9.69 Å². The molecule has 132 valence electrons. The predicted octanol–water partition coefficient (Wildman–Crippen LogP) is 4.89. The number of rotatable bonds is 3. The molecule has 4 nitrogen and oxygen atoms in total. The minimum atomic E-state index is -1.11. The van der Waals surface area contributed by atoms with Gasteiger partial charge in [-0.2, -0.15) is 0 Å². The molecule has 0 unspecified atom stereocenters. The zero-order chi connectivity index (χ0) is 19.0. The lowest BCUT2D eigenvalue weighted by Gasteiger charge is -2.17. The number of thioether (sulfide) groups is 1. The van der Waals surface area contributed by atoms with E-state index >= 15 is 0 Å². The molecule has 0 aromatic heterocycles. The van der Waals surface area contributed by atoms with E-state index in [-0.39, 0.29) is 25.4 Å². The second-order valence-corrected chi connectivity index (χ2v) is 7.54. The molecule has 0 aliphatic carbocycles. The molecule has 0 radical (unpaired) electrons. The number of amides is 1. The third kappa shape index (κ3) is 3.38. The van der Waals surface area contributed by atoms with Crippen LogP contribution in [0.3, 0.4) is 0 Å². The average Bonchev–Trinajstić information content (AvgIpc) is 2.85. The molecule has 1 aliphatic heterocycles. The summed E-state index contributed by atoms with van der Waals surface area (Å²) in [7, 11) is 0. The molecule has 8 heteroatoms. The van der Waals surface area contributed by atoms with E-state index < -0.39 is 17.7 Å². The minimum Gasteiger partial charge on any atom is -0.478 e. The summed E-state index contributed by atoms with van der Waals surface area (Å²) in [5, 5.41) is 9.35. The number of aryl methyl sites for hydroxylation is 1. The fourth-order valence-electron chi connectivity index (χ4n) is 2.44. The predicted molar refractivity (Wildman–Crippen MR) is 105 cm³/mol. The number of aromatic carboxylic acids is 1. The zero-order valence-corrected chi connectivity index (χ0v) is 15.7. The third-order valence-electron chi connectivity index (χ3n) is 3.77. The Hall–Kier alpha value is -2.22. The van der Waals surface area contributed by atoms with E-state index in [1.807, 2.05) is 0 Å². The molecule has 1 heterocycles. The lowest BCUT2D eigenvalue weighted by molar-refractivity contribution is -0.113. The second-order valence-electron chi connectivity index (χ2n) is 5.46. The van der Waals surface area contributed by atoms with E-state index in [2.05, 4.69) is 0 Å². The number of halogens is 2. The molecule has 0 bridgehead atoms. The summed E-state index contributed by atoms with van der Waals surface area (Å²) in [5.74, 6) is -2.11. The molecule has 2 aromatic rings. The van der Waals surface area contributed by atoms with Gasteiger partial charge in [-0.25, -0.2) is 9.18 Å². The quantitative estimate of drug-likeness (QED) is 0.579. The molecule has 0 spiro atoms. The van der Waals surface area contributed by atoms with Gasteiger partial charge >= 0.3 is 5.97 Å². The third-order valence-corrected chi connectivity index (χ3v) is 5.40. The Morgan fingerprint density at radius 3 is 2.73 bits per heavy atom. The van der Waals surface area contributed by atoms with Crippen molar-refractivity contribution in [1.82, 2.24) is 0 Å². The minimum absolute atomic E-state index is 0.0424. The van der Waals surface area contributed by atoms with Crippen LogP contribution in [-0.2, 0) is 4.79 Å². The Bertz CT molecular complexity index is 970. The standard InChI is InChI=1S/C18H11ClFNO3S2/c1-9-5-6-10(17(23)24)7-14(9)21-16(22)15(26-18(21)25)8-11-12(19)3-2-4-13(11)20/h2-8H,1H3,(H,23,24). The van der Waals surface area contributed by atoms with E-state index in [1.165, 1.54) is 41.3 Å². The maximum atomic E-state index is 14.0. The Balaban J connectivity index is 2.04. The monoisotopic (exact) mass is 407 g/mol. The number of carboxylic acid groups (broad SMARTS) is 1. The molecule has 1 aliphatic rings. The Labute approximate surface area is 163 Å². The van der Waals surface area contributed by atoms with E-state index in [4.69, 9.17) is 23.8 Å². The van der Waals surface area contributed by atoms with Crippen LogP contribution in [0.25, 0.3) is 6.08 Å². The maximum absolute atomic E-state index is 14.0. The van der Waals surface area contributed by atoms with Gasteiger partial charge in [0.15, 0.2) is 4.32 Å². The Morgan fingerprint density at radius 2 is 2.08 bits per heavy atom. The number of nitrogens with zero attached hydrogens (tertiary/aromatic N) is 1. The van der Waals surface area contributed by atoms with Crippen LogP contribution in [-0.4, -0.2) is 21.3 Å². The van der Waals surface area contributed by atoms with Crippen LogP contribution >= 0.6 is 35.6 Å². The van der Waals surface area contributed by atoms with Gasteiger partial charge < -0.3 is 5.11 Å². The molecule has 3 rings (SSSR count). The Morgan fingerprint density at radius 1 is 1.35 bits per heavy atom. The summed E-state index contributed by atoms with van der Waals surface area (Å²) >= 11 is 12.3. The number of benzene rings is 2. The van der Waals surface area contributed by atoms with E-state index in [0.29, 0.717) is 11.3 Å². The first-order valence-corrected chi connectivity index (χ1v) is 8.96. The highest BCUT2D eigenvalue weighted by atomic mass is 35.5. The van der Waals surface area contributed by atoms with Gasteiger partial charge in [-0.05, 0) is 42.8 Å². The van der Waals surface area contributed by atoms with Crippen molar-refractivity contribution in [3.8, 4) is 0 Å². The van der Waals surface area contributed by atoms with Gasteiger partial charge in [0.2, 0.25) is 0 Å². The van der Waals surface area contributed by atoms with Crippen molar-refractivity contribution in [1.29, 1.82) is 0 Å². The molecular weight excluding hydrogens is 397 g/mol. The molecule has 1 saturated heterocycles. The van der Waals surface area contributed by atoms with Crippen LogP contribution in [0.2, 0.25) is 5.02 Å². The Kier molecular flexibility index (Phi) is 5.13. The van der Waals surface area contributed by atoms with Crippen LogP contribution in [0, 0.1) is 12.7 Å². The van der Waals surface area contributed by atoms with Crippen molar-refractivity contribution in [2.45, 2.75) is 6.92 Å². The van der Waals surface area contributed by atoms with Gasteiger partial charge in [0.05, 0.1) is 21.2 Å². The summed E-state index contributed by atoms with van der Waals surface area (Å²) in [6, 6.07) is 8.70. The van der Waals surface area contributed by atoms with Crippen LogP contribution in [0.1, 0.15) is 21.5 Å². The largest absolute Gasteiger partial charge is 0.478 e. The van der Waals surface area contributed by atoms with Gasteiger partial charge in [-0.1, -0.05) is 47.7 Å². The molecular formula is C18H11ClFNO3S2. The van der Waals surface area contributed by atoms with Crippen LogP contribution in [0.4, 0.5) is 10.1 Å². The zero-order valence-electron chi connectivity index (χ0n) is 13.3. The van der Waals surface area contributed by atoms with Crippen molar-refractivity contribution in [2.24, 2.45) is 0 Å². The van der Waals surface area contributed by atoms with E-state index in [9.17, 15) is 19.1 Å². The van der Waals surface area contributed by atoms with Crippen molar-refractivity contribution in [3.05, 3.63) is 68.8 Å². The maximum Gasteiger partial charge on any atom is 0.335 e. The van der Waals surface area contributed by atoms with Crippen molar-refractivity contribution in [3.63, 3.8) is 0 Å². The van der Waals surface area contributed by atoms with Crippen LogP contribution in [0.5, 0.6) is 0 Å². The molecule has 1 amide bonds. The van der Waals surface area contributed by atoms with Gasteiger partial charge in [0, 0.05) is 5.56 Å². The average molecular weight is 408 g/mol. The first-order valence-electron chi connectivity index (χ1n) is 7.35. The van der Waals surface area contributed by atoms with Crippen molar-refractivity contribution in [2.75, 3.05) is 4.90 Å². The summed E-state index contributed by atoms with van der Waals surface area (Å²) < 4.78 is 14.2. The number of carbonyl (C=O) groups excluding carboxylic acids is 1. The number of hydrogen-bond acceptors (Lipinski definition) is 4. The van der Waals surface area contributed by atoms with Crippen LogP contribution in [0.15, 0.2) is 41.3 Å². The first kappa shape index (κ1) is 18.6. The lowest BCUT2D eigenvalue weighted by atomic mass is 10.1. The van der Waals surface area contributed by atoms with Gasteiger partial charge in [0.1, 0.15) is 5.82 Å². The number of thiocarbonyl (C=S) groups is 1. The highest BCUT2D eigenvalue weighted by molar-refractivity contribution is 8.27. The molecule has 2 aromatic carbocycles. The molecule has 26 heavy (non-hydrogen) atoms. The second kappa shape index (κ2) is 7.19. The summed E-state index contributed by atoms with van der Waals surface area (Å²) in [5.41, 5.74) is 1.22. The van der Waals surface area contributed by atoms with Crippen molar-refractivity contribution >= 4 is 63.5 Å².